The smallest absolute Gasteiger partial charge is 0.169 e. The molecular formula is C24H31N7. The van der Waals surface area contributed by atoms with Gasteiger partial charge in [-0.05, 0) is 59.8 Å². The van der Waals surface area contributed by atoms with Gasteiger partial charge in [-0.1, -0.05) is 42.8 Å². The lowest BCUT2D eigenvalue weighted by molar-refractivity contribution is 0.124. The first-order valence-corrected chi connectivity index (χ1v) is 11.5. The summed E-state index contributed by atoms with van der Waals surface area (Å²) >= 11 is 0. The number of nitrogens with zero attached hydrogens (tertiary/aromatic N) is 7. The van der Waals surface area contributed by atoms with Crippen LogP contribution in [0.2, 0.25) is 0 Å². The molecule has 3 aromatic rings. The Morgan fingerprint density at radius 2 is 1.77 bits per heavy atom. The Kier molecular flexibility index (Phi) is 6.32. The van der Waals surface area contributed by atoms with Crippen molar-refractivity contribution in [2.24, 2.45) is 0 Å². The van der Waals surface area contributed by atoms with E-state index in [-0.39, 0.29) is 6.04 Å². The van der Waals surface area contributed by atoms with Gasteiger partial charge in [-0.15, -0.1) is 5.10 Å². The fourth-order valence-electron chi connectivity index (χ4n) is 4.83. The van der Waals surface area contributed by atoms with Crippen LogP contribution >= 0.6 is 0 Å². The van der Waals surface area contributed by atoms with Crippen molar-refractivity contribution in [1.82, 2.24) is 35.0 Å². The first kappa shape index (κ1) is 20.3. The molecular weight excluding hydrogens is 386 g/mol. The molecule has 0 radical (unpaired) electrons. The largest absolute Gasteiger partial charge is 0.299 e. The monoisotopic (exact) mass is 417 g/mol. The molecule has 5 rings (SSSR count). The van der Waals surface area contributed by atoms with Crippen molar-refractivity contribution in [3.63, 3.8) is 0 Å². The van der Waals surface area contributed by atoms with Crippen molar-refractivity contribution in [2.45, 2.75) is 50.7 Å². The van der Waals surface area contributed by atoms with Crippen LogP contribution in [0.5, 0.6) is 0 Å². The van der Waals surface area contributed by atoms with Gasteiger partial charge in [-0.25, -0.2) is 4.68 Å². The minimum absolute atomic E-state index is 0.143. The summed E-state index contributed by atoms with van der Waals surface area (Å²) in [6, 6.07) is 15.6. The van der Waals surface area contributed by atoms with E-state index in [0.717, 1.165) is 37.9 Å². The molecule has 2 aromatic heterocycles. The molecule has 1 saturated heterocycles. The lowest BCUT2D eigenvalue weighted by atomic mass is 9.91. The Hall–Kier alpha value is -2.64. The molecule has 162 valence electrons. The summed E-state index contributed by atoms with van der Waals surface area (Å²) in [5.41, 5.74) is 2.44. The molecule has 1 aliphatic carbocycles. The van der Waals surface area contributed by atoms with Gasteiger partial charge in [-0.2, -0.15) is 0 Å². The highest BCUT2D eigenvalue weighted by atomic mass is 15.5. The molecule has 0 N–H and O–H groups in total. The fourth-order valence-corrected chi connectivity index (χ4v) is 4.83. The molecule has 2 aliphatic rings. The highest BCUT2D eigenvalue weighted by Crippen LogP contribution is 2.29. The molecule has 7 heteroatoms. The molecule has 0 amide bonds. The predicted octanol–water partition coefficient (Wildman–Crippen LogP) is 2.96. The second kappa shape index (κ2) is 9.66. The number of pyridine rings is 1. The number of tetrazole rings is 1. The summed E-state index contributed by atoms with van der Waals surface area (Å²) in [6.45, 7) is 5.16. The standard InChI is InChI=1S/C24H31N7/c1-2-7-20(8-3-1)19-31-24(26-27-28-31)23(17-21-9-5-12-25-18-21)30-14-6-13-29(15-16-30)22-10-4-11-22/h1-3,5,7-9,12,18,22-23H,4,6,10-11,13-17,19H2. The first-order chi connectivity index (χ1) is 15.4. The Morgan fingerprint density at radius 3 is 2.55 bits per heavy atom. The second-order valence-corrected chi connectivity index (χ2v) is 8.77. The minimum atomic E-state index is 0.143. The summed E-state index contributed by atoms with van der Waals surface area (Å²) in [7, 11) is 0. The van der Waals surface area contributed by atoms with Gasteiger partial charge in [0, 0.05) is 38.1 Å². The van der Waals surface area contributed by atoms with Crippen LogP contribution in [0.15, 0.2) is 54.9 Å². The summed E-state index contributed by atoms with van der Waals surface area (Å²) < 4.78 is 1.98. The van der Waals surface area contributed by atoms with Crippen LogP contribution in [0.25, 0.3) is 0 Å². The zero-order valence-electron chi connectivity index (χ0n) is 18.1. The average Bonchev–Trinajstić information content (AvgIpc) is 3.09. The van der Waals surface area contributed by atoms with Crippen LogP contribution in [0.3, 0.4) is 0 Å². The third kappa shape index (κ3) is 4.83. The molecule has 0 bridgehead atoms. The van der Waals surface area contributed by atoms with Crippen molar-refractivity contribution >= 4 is 0 Å². The van der Waals surface area contributed by atoms with Crippen LogP contribution in [-0.2, 0) is 13.0 Å². The van der Waals surface area contributed by atoms with Crippen LogP contribution in [0.4, 0.5) is 0 Å². The highest BCUT2D eigenvalue weighted by Gasteiger charge is 2.31. The second-order valence-electron chi connectivity index (χ2n) is 8.77. The molecule has 31 heavy (non-hydrogen) atoms. The number of hydrogen-bond donors (Lipinski definition) is 0. The Morgan fingerprint density at radius 1 is 0.903 bits per heavy atom. The van der Waals surface area contributed by atoms with Gasteiger partial charge in [-0.3, -0.25) is 14.8 Å². The third-order valence-electron chi connectivity index (χ3n) is 6.78. The van der Waals surface area contributed by atoms with Crippen LogP contribution < -0.4 is 0 Å². The van der Waals surface area contributed by atoms with E-state index in [1.807, 2.05) is 29.2 Å². The summed E-state index contributed by atoms with van der Waals surface area (Å²) in [5, 5.41) is 13.0. The summed E-state index contributed by atoms with van der Waals surface area (Å²) in [6.07, 6.45) is 10.00. The SMILES string of the molecule is c1ccc(Cn2nnnc2C(Cc2cccnc2)N2CCCN(C3CCC3)CC2)cc1. The zero-order valence-corrected chi connectivity index (χ0v) is 18.1. The molecule has 1 atom stereocenters. The lowest BCUT2D eigenvalue weighted by Crippen LogP contribution is -2.42. The molecule has 1 saturated carbocycles. The van der Waals surface area contributed by atoms with Gasteiger partial charge >= 0.3 is 0 Å². The number of benzene rings is 1. The summed E-state index contributed by atoms with van der Waals surface area (Å²) in [4.78, 5) is 9.64. The number of rotatable bonds is 7. The van der Waals surface area contributed by atoms with Gasteiger partial charge in [0.15, 0.2) is 5.82 Å². The molecule has 1 unspecified atom stereocenters. The molecule has 1 aliphatic heterocycles. The van der Waals surface area contributed by atoms with Gasteiger partial charge in [0.25, 0.3) is 0 Å². The molecule has 2 fully saturated rings. The van der Waals surface area contributed by atoms with E-state index in [2.05, 4.69) is 60.6 Å². The number of hydrogen-bond acceptors (Lipinski definition) is 6. The van der Waals surface area contributed by atoms with E-state index in [9.17, 15) is 0 Å². The van der Waals surface area contributed by atoms with E-state index in [1.54, 1.807) is 0 Å². The quantitative estimate of drug-likeness (QED) is 0.589. The maximum absolute atomic E-state index is 4.52. The third-order valence-corrected chi connectivity index (χ3v) is 6.78. The number of aromatic nitrogens is 5. The lowest BCUT2D eigenvalue weighted by Gasteiger charge is -2.37. The van der Waals surface area contributed by atoms with E-state index in [4.69, 9.17) is 0 Å². The predicted molar refractivity (Wildman–Crippen MR) is 119 cm³/mol. The van der Waals surface area contributed by atoms with Gasteiger partial charge in [0.2, 0.25) is 0 Å². The van der Waals surface area contributed by atoms with Crippen molar-refractivity contribution in [2.75, 3.05) is 26.2 Å². The van der Waals surface area contributed by atoms with Gasteiger partial charge in [0.1, 0.15) is 0 Å². The summed E-state index contributed by atoms with van der Waals surface area (Å²) in [5.74, 6) is 0.949. The topological polar surface area (TPSA) is 63.0 Å². The van der Waals surface area contributed by atoms with Crippen molar-refractivity contribution in [3.8, 4) is 0 Å². The van der Waals surface area contributed by atoms with Gasteiger partial charge < -0.3 is 0 Å². The normalized spacial score (nSPS) is 19.6. The van der Waals surface area contributed by atoms with Crippen molar-refractivity contribution in [3.05, 3.63) is 71.8 Å². The van der Waals surface area contributed by atoms with Crippen LogP contribution in [0.1, 0.15) is 48.7 Å². The maximum atomic E-state index is 4.52. The minimum Gasteiger partial charge on any atom is -0.299 e. The molecule has 0 spiro atoms. The zero-order chi connectivity index (χ0) is 20.9. The maximum Gasteiger partial charge on any atom is 0.169 e. The molecule has 3 heterocycles. The van der Waals surface area contributed by atoms with Gasteiger partial charge in [0.05, 0.1) is 12.6 Å². The Balaban J connectivity index is 1.39. The Bertz CT molecular complexity index is 939. The van der Waals surface area contributed by atoms with E-state index < -0.39 is 0 Å². The molecule has 7 nitrogen and oxygen atoms in total. The highest BCUT2D eigenvalue weighted by molar-refractivity contribution is 5.16. The Labute approximate surface area is 184 Å². The molecule has 1 aromatic carbocycles. The van der Waals surface area contributed by atoms with Crippen LogP contribution in [-0.4, -0.2) is 67.2 Å². The van der Waals surface area contributed by atoms with E-state index in [0.29, 0.717) is 6.54 Å². The van der Waals surface area contributed by atoms with Crippen LogP contribution in [0, 0.1) is 0 Å². The average molecular weight is 418 g/mol. The van der Waals surface area contributed by atoms with Crippen molar-refractivity contribution in [1.29, 1.82) is 0 Å². The first-order valence-electron chi connectivity index (χ1n) is 11.5. The fraction of sp³-hybridized carbons (Fsp3) is 0.500. The van der Waals surface area contributed by atoms with E-state index in [1.165, 1.54) is 43.4 Å². The van der Waals surface area contributed by atoms with Crippen molar-refractivity contribution < 1.29 is 0 Å². The van der Waals surface area contributed by atoms with E-state index >= 15 is 0 Å².